The van der Waals surface area contributed by atoms with Crippen LogP contribution in [0.4, 0.5) is 5.69 Å². The minimum atomic E-state index is -0.416. The summed E-state index contributed by atoms with van der Waals surface area (Å²) in [4.78, 5) is 25.0. The number of carbonyl (C=O) groups is 1. The smallest absolute Gasteiger partial charge is 0.257 e. The van der Waals surface area contributed by atoms with Gasteiger partial charge in [-0.25, -0.2) is 0 Å². The summed E-state index contributed by atoms with van der Waals surface area (Å²) in [6.45, 7) is 0.248. The van der Waals surface area contributed by atoms with E-state index in [4.69, 9.17) is 32.7 Å². The van der Waals surface area contributed by atoms with Crippen molar-refractivity contribution in [3.05, 3.63) is 86.3 Å². The summed E-state index contributed by atoms with van der Waals surface area (Å²) in [5.41, 5.74) is 1.22. The molecule has 0 aliphatic rings. The van der Waals surface area contributed by atoms with E-state index in [1.807, 2.05) is 18.2 Å². The fourth-order valence-electron chi connectivity index (χ4n) is 2.75. The van der Waals surface area contributed by atoms with Crippen LogP contribution in [-0.4, -0.2) is 24.7 Å². The molecule has 0 radical (unpaired) electrons. The molecule has 0 unspecified atom stereocenters. The van der Waals surface area contributed by atoms with Crippen molar-refractivity contribution < 1.29 is 14.3 Å². The van der Waals surface area contributed by atoms with Gasteiger partial charge in [-0.2, -0.15) is 0 Å². The van der Waals surface area contributed by atoms with E-state index >= 15 is 0 Å². The highest BCUT2D eigenvalue weighted by Crippen LogP contribution is 2.36. The highest BCUT2D eigenvalue weighted by Gasteiger charge is 2.15. The Balaban J connectivity index is 1.89. The lowest BCUT2D eigenvalue weighted by molar-refractivity contribution is 0.102. The van der Waals surface area contributed by atoms with Gasteiger partial charge in [0.15, 0.2) is 0 Å². The zero-order valence-corrected chi connectivity index (χ0v) is 17.3. The quantitative estimate of drug-likeness (QED) is 0.623. The van der Waals surface area contributed by atoms with Crippen molar-refractivity contribution in [2.75, 3.05) is 19.5 Å². The maximum absolute atomic E-state index is 12.8. The molecule has 1 aromatic heterocycles. The normalized spacial score (nSPS) is 10.5. The van der Waals surface area contributed by atoms with Crippen molar-refractivity contribution >= 4 is 34.8 Å². The van der Waals surface area contributed by atoms with Crippen molar-refractivity contribution in [2.45, 2.75) is 6.54 Å². The molecule has 0 fully saturated rings. The first-order chi connectivity index (χ1) is 13.9. The fourth-order valence-corrected chi connectivity index (χ4v) is 3.18. The zero-order valence-electron chi connectivity index (χ0n) is 15.7. The lowest BCUT2D eigenvalue weighted by Gasteiger charge is -2.14. The first-order valence-electron chi connectivity index (χ1n) is 8.59. The van der Waals surface area contributed by atoms with Crippen molar-refractivity contribution in [2.24, 2.45) is 0 Å². The summed E-state index contributed by atoms with van der Waals surface area (Å²) in [5, 5.41) is 3.66. The van der Waals surface area contributed by atoms with Gasteiger partial charge in [-0.1, -0.05) is 41.4 Å². The maximum atomic E-state index is 12.8. The molecule has 0 saturated carbocycles. The number of amides is 1. The third-order valence-corrected chi connectivity index (χ3v) is 4.93. The average Bonchev–Trinajstić information content (AvgIpc) is 2.72. The van der Waals surface area contributed by atoms with Crippen LogP contribution < -0.4 is 20.3 Å². The van der Waals surface area contributed by atoms with Gasteiger partial charge >= 0.3 is 0 Å². The van der Waals surface area contributed by atoms with Gasteiger partial charge in [0.1, 0.15) is 11.5 Å². The van der Waals surface area contributed by atoms with Gasteiger partial charge in [-0.3, -0.25) is 9.59 Å². The Hall–Kier alpha value is -2.96. The summed E-state index contributed by atoms with van der Waals surface area (Å²) in [5.74, 6) is 0.362. The maximum Gasteiger partial charge on any atom is 0.257 e. The summed E-state index contributed by atoms with van der Waals surface area (Å²) in [6, 6.07) is 13.1. The lowest BCUT2D eigenvalue weighted by atomic mass is 10.2. The average molecular weight is 433 g/mol. The molecule has 2 aromatic carbocycles. The number of benzene rings is 2. The summed E-state index contributed by atoms with van der Waals surface area (Å²) >= 11 is 12.3. The number of pyridine rings is 1. The number of rotatable bonds is 6. The van der Waals surface area contributed by atoms with E-state index < -0.39 is 5.91 Å². The molecule has 0 bridgehead atoms. The highest BCUT2D eigenvalue weighted by atomic mass is 35.5. The second-order valence-electron chi connectivity index (χ2n) is 6.12. The van der Waals surface area contributed by atoms with E-state index in [2.05, 4.69) is 5.32 Å². The second kappa shape index (κ2) is 9.03. The van der Waals surface area contributed by atoms with Crippen LogP contribution in [0, 0.1) is 0 Å². The van der Waals surface area contributed by atoms with Gasteiger partial charge in [0, 0.05) is 29.4 Å². The van der Waals surface area contributed by atoms with Gasteiger partial charge in [0.05, 0.1) is 37.0 Å². The van der Waals surface area contributed by atoms with Crippen LogP contribution in [0.5, 0.6) is 11.5 Å². The SMILES string of the molecule is COc1cc(NC(=O)c2ccc(=O)n(Cc3ccccc3Cl)c2)c(OC)cc1Cl. The van der Waals surface area contributed by atoms with Crippen LogP contribution in [-0.2, 0) is 6.54 Å². The molecule has 1 heterocycles. The molecule has 3 rings (SSSR count). The summed E-state index contributed by atoms with van der Waals surface area (Å²) < 4.78 is 11.9. The minimum absolute atomic E-state index is 0.243. The number of hydrogen-bond donors (Lipinski definition) is 1. The molecule has 1 amide bonds. The predicted molar refractivity (Wildman–Crippen MR) is 114 cm³/mol. The monoisotopic (exact) mass is 432 g/mol. The van der Waals surface area contributed by atoms with Crippen molar-refractivity contribution in [1.29, 1.82) is 0 Å². The third-order valence-electron chi connectivity index (χ3n) is 4.27. The van der Waals surface area contributed by atoms with Gasteiger partial charge in [-0.15, -0.1) is 0 Å². The van der Waals surface area contributed by atoms with Crippen LogP contribution in [0.2, 0.25) is 10.0 Å². The Kier molecular flexibility index (Phi) is 6.46. The Bertz CT molecular complexity index is 1110. The molecule has 8 heteroatoms. The first-order valence-corrected chi connectivity index (χ1v) is 9.35. The number of methoxy groups -OCH3 is 2. The molecular formula is C21H18Cl2N2O4. The van der Waals surface area contributed by atoms with E-state index in [9.17, 15) is 9.59 Å². The second-order valence-corrected chi connectivity index (χ2v) is 6.93. The molecule has 29 heavy (non-hydrogen) atoms. The Morgan fingerprint density at radius 2 is 1.72 bits per heavy atom. The van der Waals surface area contributed by atoms with Crippen LogP contribution in [0.3, 0.4) is 0 Å². The lowest BCUT2D eigenvalue weighted by Crippen LogP contribution is -2.22. The van der Waals surface area contributed by atoms with E-state index in [0.29, 0.717) is 32.8 Å². The number of hydrogen-bond acceptors (Lipinski definition) is 4. The predicted octanol–water partition coefficient (Wildman–Crippen LogP) is 4.47. The molecule has 0 aliphatic heterocycles. The summed E-state index contributed by atoms with van der Waals surface area (Å²) in [7, 11) is 2.95. The molecule has 0 atom stereocenters. The number of anilines is 1. The number of nitrogens with one attached hydrogen (secondary N) is 1. The van der Waals surface area contributed by atoms with Gasteiger partial charge in [0.2, 0.25) is 0 Å². The van der Waals surface area contributed by atoms with Crippen LogP contribution in [0.15, 0.2) is 59.5 Å². The van der Waals surface area contributed by atoms with Crippen LogP contribution >= 0.6 is 23.2 Å². The standard InChI is InChI=1S/C21H18Cl2N2O4/c1-28-18-10-17(19(29-2)9-16(18)23)24-21(27)14-7-8-20(26)25(12-14)11-13-5-3-4-6-15(13)22/h3-10,12H,11H2,1-2H3,(H,24,27). The van der Waals surface area contributed by atoms with Gasteiger partial charge < -0.3 is 19.4 Å². The minimum Gasteiger partial charge on any atom is -0.495 e. The Morgan fingerprint density at radius 3 is 2.41 bits per heavy atom. The first kappa shape index (κ1) is 20.8. The highest BCUT2D eigenvalue weighted by molar-refractivity contribution is 6.32. The molecule has 150 valence electrons. The third kappa shape index (κ3) is 4.72. The molecule has 0 saturated heterocycles. The van der Waals surface area contributed by atoms with Crippen LogP contribution in [0.1, 0.15) is 15.9 Å². The van der Waals surface area contributed by atoms with Gasteiger partial charge in [-0.05, 0) is 17.7 Å². The largest absolute Gasteiger partial charge is 0.495 e. The topological polar surface area (TPSA) is 69.6 Å². The number of carbonyl (C=O) groups excluding carboxylic acids is 1. The Morgan fingerprint density at radius 1 is 1.00 bits per heavy atom. The molecule has 3 aromatic rings. The molecule has 6 nitrogen and oxygen atoms in total. The van der Waals surface area contributed by atoms with Crippen LogP contribution in [0.25, 0.3) is 0 Å². The number of aromatic nitrogens is 1. The van der Waals surface area contributed by atoms with Crippen molar-refractivity contribution in [3.8, 4) is 11.5 Å². The number of halogens is 2. The van der Waals surface area contributed by atoms with Crippen molar-refractivity contribution in [3.63, 3.8) is 0 Å². The van der Waals surface area contributed by atoms with Gasteiger partial charge in [0.25, 0.3) is 11.5 Å². The Labute approximate surface area is 177 Å². The van der Waals surface area contributed by atoms with E-state index in [-0.39, 0.29) is 12.1 Å². The number of ether oxygens (including phenoxy) is 2. The molecule has 0 spiro atoms. The molecule has 1 N–H and O–H groups in total. The zero-order chi connectivity index (χ0) is 21.0. The van der Waals surface area contributed by atoms with E-state index in [1.165, 1.54) is 37.1 Å². The van der Waals surface area contributed by atoms with Crippen molar-refractivity contribution in [1.82, 2.24) is 4.57 Å². The van der Waals surface area contributed by atoms with E-state index in [0.717, 1.165) is 5.56 Å². The molecular weight excluding hydrogens is 415 g/mol. The fraction of sp³-hybridized carbons (Fsp3) is 0.143. The number of nitrogens with zero attached hydrogens (tertiary/aromatic N) is 1. The summed E-state index contributed by atoms with van der Waals surface area (Å²) in [6.07, 6.45) is 1.49. The molecule has 0 aliphatic carbocycles. The van der Waals surface area contributed by atoms with E-state index in [1.54, 1.807) is 18.2 Å².